The summed E-state index contributed by atoms with van der Waals surface area (Å²) in [6, 6.07) is 11.9. The highest BCUT2D eigenvalue weighted by molar-refractivity contribution is 6.02. The van der Waals surface area contributed by atoms with Gasteiger partial charge in [0.25, 0.3) is 0 Å². The zero-order valence-electron chi connectivity index (χ0n) is 14.4. The lowest BCUT2D eigenvalue weighted by Crippen LogP contribution is -2.60. The molecule has 0 aliphatic carbocycles. The molecular weight excluding hydrogens is 332 g/mol. The van der Waals surface area contributed by atoms with Gasteiger partial charge in [-0.15, -0.1) is 0 Å². The van der Waals surface area contributed by atoms with Crippen LogP contribution in [-0.4, -0.2) is 47.4 Å². The normalized spacial score (nSPS) is 25.0. The number of benzene rings is 2. The van der Waals surface area contributed by atoms with Crippen molar-refractivity contribution in [2.45, 2.75) is 31.5 Å². The Morgan fingerprint density at radius 1 is 1.15 bits per heavy atom. The smallest absolute Gasteiger partial charge is 0.319 e. The molecule has 0 saturated carbocycles. The molecule has 4 rings (SSSR count). The van der Waals surface area contributed by atoms with Crippen molar-refractivity contribution in [2.75, 3.05) is 11.9 Å². The van der Waals surface area contributed by atoms with Crippen molar-refractivity contribution in [1.82, 2.24) is 15.5 Å². The lowest BCUT2D eigenvalue weighted by atomic mass is 10.1. The first-order valence-corrected chi connectivity index (χ1v) is 8.69. The van der Waals surface area contributed by atoms with Gasteiger partial charge in [0, 0.05) is 11.9 Å². The van der Waals surface area contributed by atoms with Crippen LogP contribution < -0.4 is 16.0 Å². The number of piperazine rings is 1. The van der Waals surface area contributed by atoms with Crippen molar-refractivity contribution in [3.8, 4) is 0 Å². The Balaban J connectivity index is 1.44. The van der Waals surface area contributed by atoms with Gasteiger partial charge in [0.15, 0.2) is 0 Å². The molecule has 4 amide bonds. The standard InChI is InChI=1S/C19H20N4O3/c1-11-18(25)23-10-13(9-16(23)17(24)20-11)21-19(26)22-15-8-4-6-12-5-2-3-7-14(12)15/h2-8,11,13,16H,9-10H2,1H3,(H,20,24)(H2,21,22,26)/t11-,13-,16-/m0/s1. The summed E-state index contributed by atoms with van der Waals surface area (Å²) in [5.41, 5.74) is 0.721. The van der Waals surface area contributed by atoms with Gasteiger partial charge in [-0.05, 0) is 24.8 Å². The van der Waals surface area contributed by atoms with Crippen molar-refractivity contribution >= 4 is 34.3 Å². The summed E-state index contributed by atoms with van der Waals surface area (Å²) in [6.45, 7) is 2.02. The van der Waals surface area contributed by atoms with Gasteiger partial charge in [-0.25, -0.2) is 4.79 Å². The van der Waals surface area contributed by atoms with E-state index in [4.69, 9.17) is 0 Å². The van der Waals surface area contributed by atoms with Crippen LogP contribution in [0.25, 0.3) is 10.8 Å². The first-order valence-electron chi connectivity index (χ1n) is 8.69. The molecule has 7 heteroatoms. The van der Waals surface area contributed by atoms with E-state index in [1.54, 1.807) is 11.8 Å². The summed E-state index contributed by atoms with van der Waals surface area (Å²) in [6.07, 6.45) is 0.424. The van der Waals surface area contributed by atoms with E-state index in [9.17, 15) is 14.4 Å². The number of rotatable bonds is 2. The number of nitrogens with one attached hydrogen (secondary N) is 3. The van der Waals surface area contributed by atoms with Gasteiger partial charge < -0.3 is 20.9 Å². The van der Waals surface area contributed by atoms with Crippen molar-refractivity contribution < 1.29 is 14.4 Å². The monoisotopic (exact) mass is 352 g/mol. The second kappa shape index (κ2) is 6.33. The van der Waals surface area contributed by atoms with E-state index in [0.29, 0.717) is 13.0 Å². The molecule has 0 spiro atoms. The molecule has 0 aromatic heterocycles. The molecule has 0 bridgehead atoms. The van der Waals surface area contributed by atoms with Crippen LogP contribution in [-0.2, 0) is 9.59 Å². The van der Waals surface area contributed by atoms with E-state index < -0.39 is 12.1 Å². The maximum absolute atomic E-state index is 12.4. The van der Waals surface area contributed by atoms with Crippen LogP contribution in [0.1, 0.15) is 13.3 Å². The highest BCUT2D eigenvalue weighted by Gasteiger charge is 2.45. The summed E-state index contributed by atoms with van der Waals surface area (Å²) in [7, 11) is 0. The van der Waals surface area contributed by atoms with Crippen LogP contribution in [0, 0.1) is 0 Å². The van der Waals surface area contributed by atoms with Gasteiger partial charge in [0.2, 0.25) is 11.8 Å². The number of amides is 4. The summed E-state index contributed by atoms with van der Waals surface area (Å²) in [5.74, 6) is -0.260. The highest BCUT2D eigenvalue weighted by atomic mass is 16.2. The Morgan fingerprint density at radius 2 is 1.92 bits per heavy atom. The van der Waals surface area contributed by atoms with Crippen LogP contribution in [0.3, 0.4) is 0 Å². The van der Waals surface area contributed by atoms with Crippen molar-refractivity contribution in [3.05, 3.63) is 42.5 Å². The maximum atomic E-state index is 12.4. The van der Waals surface area contributed by atoms with Crippen molar-refractivity contribution in [2.24, 2.45) is 0 Å². The predicted molar refractivity (Wildman–Crippen MR) is 97.6 cm³/mol. The third-order valence-corrected chi connectivity index (χ3v) is 4.99. The first kappa shape index (κ1) is 16.4. The predicted octanol–water partition coefficient (Wildman–Crippen LogP) is 1.45. The SMILES string of the molecule is C[C@@H]1NC(=O)[C@@H]2C[C@H](NC(=O)Nc3cccc4ccccc34)CN2C1=O. The average Bonchev–Trinajstić information content (AvgIpc) is 3.04. The maximum Gasteiger partial charge on any atom is 0.319 e. The Labute approximate surface area is 150 Å². The van der Waals surface area contributed by atoms with E-state index in [1.807, 2.05) is 42.5 Å². The highest BCUT2D eigenvalue weighted by Crippen LogP contribution is 2.24. The lowest BCUT2D eigenvalue weighted by molar-refractivity contribution is -0.146. The lowest BCUT2D eigenvalue weighted by Gasteiger charge is -2.32. The van der Waals surface area contributed by atoms with Gasteiger partial charge >= 0.3 is 6.03 Å². The molecule has 2 heterocycles. The number of hydrogen-bond acceptors (Lipinski definition) is 3. The molecule has 2 aromatic rings. The number of hydrogen-bond donors (Lipinski definition) is 3. The molecule has 0 unspecified atom stereocenters. The van der Waals surface area contributed by atoms with Crippen molar-refractivity contribution in [3.63, 3.8) is 0 Å². The Kier molecular flexibility index (Phi) is 3.99. The van der Waals surface area contributed by atoms with E-state index in [2.05, 4.69) is 16.0 Å². The van der Waals surface area contributed by atoms with Gasteiger partial charge in [-0.3, -0.25) is 9.59 Å². The zero-order chi connectivity index (χ0) is 18.3. The van der Waals surface area contributed by atoms with Crippen LogP contribution in [0.2, 0.25) is 0 Å². The van der Waals surface area contributed by atoms with Crippen LogP contribution >= 0.6 is 0 Å². The number of urea groups is 1. The molecule has 2 saturated heterocycles. The topological polar surface area (TPSA) is 90.5 Å². The molecule has 134 valence electrons. The fraction of sp³-hybridized carbons (Fsp3) is 0.316. The summed E-state index contributed by atoms with van der Waals surface area (Å²) < 4.78 is 0. The van der Waals surface area contributed by atoms with Crippen molar-refractivity contribution in [1.29, 1.82) is 0 Å². The second-order valence-electron chi connectivity index (χ2n) is 6.79. The fourth-order valence-electron chi connectivity index (χ4n) is 3.73. The zero-order valence-corrected chi connectivity index (χ0v) is 14.4. The molecule has 3 atom stereocenters. The Bertz CT molecular complexity index is 892. The minimum atomic E-state index is -0.512. The second-order valence-corrected chi connectivity index (χ2v) is 6.79. The summed E-state index contributed by atoms with van der Waals surface area (Å²) in [4.78, 5) is 38.3. The van der Waals surface area contributed by atoms with E-state index in [0.717, 1.165) is 16.5 Å². The molecule has 3 N–H and O–H groups in total. The molecular formula is C19H20N4O3. The largest absolute Gasteiger partial charge is 0.343 e. The number of carbonyl (C=O) groups is 3. The van der Waals surface area contributed by atoms with E-state index in [-0.39, 0.29) is 23.9 Å². The number of nitrogens with zero attached hydrogens (tertiary/aromatic N) is 1. The number of carbonyl (C=O) groups excluding carboxylic acids is 3. The van der Waals surface area contributed by atoms with Gasteiger partial charge in [0.05, 0.1) is 11.7 Å². The molecule has 2 aliphatic heterocycles. The quantitative estimate of drug-likeness (QED) is 0.764. The molecule has 2 aromatic carbocycles. The third-order valence-electron chi connectivity index (χ3n) is 4.99. The van der Waals surface area contributed by atoms with Crippen LogP contribution in [0.15, 0.2) is 42.5 Å². The Hall–Kier alpha value is -3.09. The first-order chi connectivity index (χ1) is 12.5. The number of fused-ring (bicyclic) bond motifs is 2. The van der Waals surface area contributed by atoms with E-state index in [1.165, 1.54) is 0 Å². The summed E-state index contributed by atoms with van der Waals surface area (Å²) in [5, 5.41) is 10.4. The molecule has 26 heavy (non-hydrogen) atoms. The Morgan fingerprint density at radius 3 is 2.77 bits per heavy atom. The minimum Gasteiger partial charge on any atom is -0.343 e. The fourth-order valence-corrected chi connectivity index (χ4v) is 3.73. The minimum absolute atomic E-state index is 0.103. The van der Waals surface area contributed by atoms with Gasteiger partial charge in [-0.2, -0.15) is 0 Å². The van der Waals surface area contributed by atoms with Gasteiger partial charge in [-0.1, -0.05) is 36.4 Å². The van der Waals surface area contributed by atoms with Gasteiger partial charge in [0.1, 0.15) is 12.1 Å². The summed E-state index contributed by atoms with van der Waals surface area (Å²) >= 11 is 0. The van der Waals surface area contributed by atoms with E-state index >= 15 is 0 Å². The molecule has 0 radical (unpaired) electrons. The third kappa shape index (κ3) is 2.85. The molecule has 7 nitrogen and oxygen atoms in total. The number of anilines is 1. The molecule has 2 aliphatic rings. The average molecular weight is 352 g/mol. The van der Waals surface area contributed by atoms with Crippen LogP contribution in [0.5, 0.6) is 0 Å². The van der Waals surface area contributed by atoms with Crippen LogP contribution in [0.4, 0.5) is 10.5 Å². The molecule has 2 fully saturated rings.